The van der Waals surface area contributed by atoms with Crippen molar-refractivity contribution in [2.45, 2.75) is 38.5 Å². The second-order valence-electron chi connectivity index (χ2n) is 5.91. The molecule has 4 heteroatoms. The van der Waals surface area contributed by atoms with E-state index in [1.165, 1.54) is 31.4 Å². The first kappa shape index (κ1) is 14.3. The van der Waals surface area contributed by atoms with Gasteiger partial charge in [0, 0.05) is 5.92 Å². The molecule has 1 aromatic carbocycles. The molecule has 2 unspecified atom stereocenters. The first-order valence-corrected chi connectivity index (χ1v) is 8.07. The van der Waals surface area contributed by atoms with E-state index in [0.717, 1.165) is 18.8 Å². The molecule has 2 atom stereocenters. The monoisotopic (exact) mass is 284 g/mol. The predicted molar refractivity (Wildman–Crippen MR) is 84.6 cm³/mol. The van der Waals surface area contributed by atoms with Crippen molar-refractivity contribution in [2.75, 3.05) is 13.1 Å². The first-order chi connectivity index (χ1) is 10.4. The van der Waals surface area contributed by atoms with Gasteiger partial charge in [-0.25, -0.2) is 4.68 Å². The van der Waals surface area contributed by atoms with Crippen LogP contribution < -0.4 is 5.32 Å². The van der Waals surface area contributed by atoms with Gasteiger partial charge in [0.2, 0.25) is 0 Å². The molecule has 2 aromatic rings. The maximum absolute atomic E-state index is 4.31. The van der Waals surface area contributed by atoms with Gasteiger partial charge in [-0.05, 0) is 50.4 Å². The Hall–Kier alpha value is -1.68. The molecule has 112 valence electrons. The zero-order valence-electron chi connectivity index (χ0n) is 12.7. The molecule has 1 aromatic heterocycles. The molecule has 1 heterocycles. The molecular formula is C17H24N4. The largest absolute Gasteiger partial charge is 0.316 e. The lowest BCUT2D eigenvalue weighted by molar-refractivity contribution is 0.433. The van der Waals surface area contributed by atoms with E-state index >= 15 is 0 Å². The summed E-state index contributed by atoms with van der Waals surface area (Å²) < 4.78 is 2.02. The van der Waals surface area contributed by atoms with Crippen molar-refractivity contribution in [3.8, 4) is 5.69 Å². The highest BCUT2D eigenvalue weighted by molar-refractivity contribution is 5.32. The summed E-state index contributed by atoms with van der Waals surface area (Å²) in [5.74, 6) is 1.28. The van der Waals surface area contributed by atoms with Gasteiger partial charge in [0.1, 0.15) is 0 Å². The zero-order valence-corrected chi connectivity index (χ0v) is 12.7. The molecule has 21 heavy (non-hydrogen) atoms. The minimum atomic E-state index is 0.574. The number of hydrogen-bond acceptors (Lipinski definition) is 3. The molecule has 3 rings (SSSR count). The number of rotatable bonds is 6. The minimum absolute atomic E-state index is 0.574. The second kappa shape index (κ2) is 6.85. The van der Waals surface area contributed by atoms with Gasteiger partial charge in [-0.1, -0.05) is 36.8 Å². The number of nitrogens with zero attached hydrogens (tertiary/aromatic N) is 3. The molecule has 0 bridgehead atoms. The van der Waals surface area contributed by atoms with Gasteiger partial charge in [0.05, 0.1) is 17.6 Å². The van der Waals surface area contributed by atoms with Crippen LogP contribution in [0, 0.1) is 5.92 Å². The maximum atomic E-state index is 4.31. The topological polar surface area (TPSA) is 42.7 Å². The van der Waals surface area contributed by atoms with Gasteiger partial charge in [0.15, 0.2) is 0 Å². The van der Waals surface area contributed by atoms with E-state index in [1.807, 2.05) is 16.9 Å². The van der Waals surface area contributed by atoms with Crippen LogP contribution in [0.3, 0.4) is 0 Å². The van der Waals surface area contributed by atoms with Crippen molar-refractivity contribution in [1.82, 2.24) is 20.3 Å². The molecule has 1 saturated carbocycles. The highest BCUT2D eigenvalue weighted by Crippen LogP contribution is 2.39. The summed E-state index contributed by atoms with van der Waals surface area (Å²) in [6, 6.07) is 10.3. The van der Waals surface area contributed by atoms with E-state index in [4.69, 9.17) is 0 Å². The fourth-order valence-corrected chi connectivity index (χ4v) is 3.40. The van der Waals surface area contributed by atoms with Crippen molar-refractivity contribution >= 4 is 0 Å². The predicted octanol–water partition coefficient (Wildman–Crippen LogP) is 3.15. The van der Waals surface area contributed by atoms with Crippen LogP contribution in [0.2, 0.25) is 0 Å². The van der Waals surface area contributed by atoms with Crippen LogP contribution in [0.25, 0.3) is 5.69 Å². The van der Waals surface area contributed by atoms with E-state index in [9.17, 15) is 0 Å². The van der Waals surface area contributed by atoms with Crippen molar-refractivity contribution in [2.24, 2.45) is 5.92 Å². The summed E-state index contributed by atoms with van der Waals surface area (Å²) >= 11 is 0. The number of nitrogens with one attached hydrogen (secondary N) is 1. The van der Waals surface area contributed by atoms with Crippen LogP contribution in [0.4, 0.5) is 0 Å². The smallest absolute Gasteiger partial charge is 0.0732 e. The molecule has 0 amide bonds. The van der Waals surface area contributed by atoms with Gasteiger partial charge in [0.25, 0.3) is 0 Å². The third kappa shape index (κ3) is 3.16. The highest BCUT2D eigenvalue weighted by Gasteiger charge is 2.31. The van der Waals surface area contributed by atoms with Crippen LogP contribution in [-0.2, 0) is 0 Å². The Labute approximate surface area is 126 Å². The van der Waals surface area contributed by atoms with E-state index in [1.54, 1.807) is 0 Å². The van der Waals surface area contributed by atoms with Gasteiger partial charge >= 0.3 is 0 Å². The summed E-state index contributed by atoms with van der Waals surface area (Å²) in [5.41, 5.74) is 2.37. The average molecular weight is 284 g/mol. The third-order valence-corrected chi connectivity index (χ3v) is 4.45. The number of aromatic nitrogens is 3. The summed E-state index contributed by atoms with van der Waals surface area (Å²) in [6.45, 7) is 4.44. The Balaban J connectivity index is 1.79. The lowest BCUT2D eigenvalue weighted by Gasteiger charge is -2.20. The number of benzene rings is 1. The van der Waals surface area contributed by atoms with Crippen molar-refractivity contribution in [1.29, 1.82) is 0 Å². The summed E-state index contributed by atoms with van der Waals surface area (Å²) in [6.07, 6.45) is 7.01. The molecule has 4 nitrogen and oxygen atoms in total. The zero-order chi connectivity index (χ0) is 14.5. The van der Waals surface area contributed by atoms with Gasteiger partial charge in [-0.2, -0.15) is 0 Å². The Kier molecular flexibility index (Phi) is 4.65. The standard InChI is InChI=1S/C17H24N4/c1-2-11-18-12-14-7-6-10-16(14)17-13-19-20-21(17)15-8-4-3-5-9-15/h3-5,8-9,13-14,16,18H,2,6-7,10-12H2,1H3. The van der Waals surface area contributed by atoms with E-state index in [-0.39, 0.29) is 0 Å². The van der Waals surface area contributed by atoms with E-state index in [0.29, 0.717) is 11.8 Å². The molecule has 1 fully saturated rings. The third-order valence-electron chi connectivity index (χ3n) is 4.45. The summed E-state index contributed by atoms with van der Waals surface area (Å²) in [7, 11) is 0. The van der Waals surface area contributed by atoms with Gasteiger partial charge in [-0.3, -0.25) is 0 Å². The SMILES string of the molecule is CCCNCC1CCCC1c1cnnn1-c1ccccc1. The first-order valence-electron chi connectivity index (χ1n) is 8.07. The summed E-state index contributed by atoms with van der Waals surface area (Å²) in [4.78, 5) is 0. The van der Waals surface area contributed by atoms with Crippen LogP contribution in [0.5, 0.6) is 0 Å². The molecule has 0 radical (unpaired) electrons. The van der Waals surface area contributed by atoms with Crippen LogP contribution in [0.1, 0.15) is 44.2 Å². The van der Waals surface area contributed by atoms with Crippen LogP contribution in [-0.4, -0.2) is 28.1 Å². The van der Waals surface area contributed by atoms with Crippen molar-refractivity contribution in [3.63, 3.8) is 0 Å². The van der Waals surface area contributed by atoms with Gasteiger partial charge in [-0.15, -0.1) is 5.10 Å². The fraction of sp³-hybridized carbons (Fsp3) is 0.529. The normalized spacial score (nSPS) is 21.8. The molecule has 1 aliphatic rings. The average Bonchev–Trinajstić information content (AvgIpc) is 3.16. The molecular weight excluding hydrogens is 260 g/mol. The van der Waals surface area contributed by atoms with Crippen molar-refractivity contribution < 1.29 is 0 Å². The Bertz CT molecular complexity index is 549. The van der Waals surface area contributed by atoms with E-state index in [2.05, 4.69) is 46.8 Å². The fourth-order valence-electron chi connectivity index (χ4n) is 3.40. The molecule has 0 spiro atoms. The molecule has 1 aliphatic carbocycles. The molecule has 0 aliphatic heterocycles. The maximum Gasteiger partial charge on any atom is 0.0732 e. The number of para-hydroxylation sites is 1. The number of hydrogen-bond donors (Lipinski definition) is 1. The second-order valence-corrected chi connectivity index (χ2v) is 5.91. The molecule has 1 N–H and O–H groups in total. The minimum Gasteiger partial charge on any atom is -0.316 e. The Morgan fingerprint density at radius 2 is 2.10 bits per heavy atom. The van der Waals surface area contributed by atoms with Crippen LogP contribution >= 0.6 is 0 Å². The van der Waals surface area contributed by atoms with Gasteiger partial charge < -0.3 is 5.32 Å². The Morgan fingerprint density at radius 1 is 1.24 bits per heavy atom. The van der Waals surface area contributed by atoms with Crippen molar-refractivity contribution in [3.05, 3.63) is 42.2 Å². The molecule has 0 saturated heterocycles. The van der Waals surface area contributed by atoms with Crippen LogP contribution in [0.15, 0.2) is 36.5 Å². The quantitative estimate of drug-likeness (QED) is 0.829. The van der Waals surface area contributed by atoms with E-state index < -0.39 is 0 Å². The summed E-state index contributed by atoms with van der Waals surface area (Å²) in [5, 5.41) is 12.1. The Morgan fingerprint density at radius 3 is 2.90 bits per heavy atom. The lowest BCUT2D eigenvalue weighted by atomic mass is 9.93. The lowest BCUT2D eigenvalue weighted by Crippen LogP contribution is -2.26. The highest BCUT2D eigenvalue weighted by atomic mass is 15.4.